The van der Waals surface area contributed by atoms with Crippen LogP contribution in [0.3, 0.4) is 0 Å². The van der Waals surface area contributed by atoms with Crippen molar-refractivity contribution in [2.45, 2.75) is 6.42 Å². The molecule has 6 heteroatoms. The van der Waals surface area contributed by atoms with Gasteiger partial charge in [0, 0.05) is 32.1 Å². The number of benzene rings is 1. The van der Waals surface area contributed by atoms with Gasteiger partial charge in [-0.1, -0.05) is 0 Å². The maximum atomic E-state index is 11.8. The molecular formula is C14H17N3O3. The van der Waals surface area contributed by atoms with Crippen molar-refractivity contribution in [2.75, 3.05) is 25.6 Å². The van der Waals surface area contributed by atoms with Crippen molar-refractivity contribution in [2.24, 2.45) is 0 Å². The van der Waals surface area contributed by atoms with E-state index >= 15 is 0 Å². The standard InChI is InChI=1S/C14H17N3O3/c1-20-8-2-7-16-10-11(9-15)14(19)17-12-3-5-13(18)6-4-12/h3-6,10,16,18H,2,7-8H2,1H3,(H,17,19)/b11-10-. The zero-order valence-corrected chi connectivity index (χ0v) is 11.2. The number of hydrogen-bond acceptors (Lipinski definition) is 5. The van der Waals surface area contributed by atoms with Crippen LogP contribution in [0.25, 0.3) is 0 Å². The molecule has 0 aliphatic heterocycles. The molecule has 0 saturated heterocycles. The number of nitriles is 1. The molecule has 0 aliphatic carbocycles. The van der Waals surface area contributed by atoms with Gasteiger partial charge in [0.05, 0.1) is 0 Å². The Kier molecular flexibility index (Phi) is 6.65. The molecule has 0 radical (unpaired) electrons. The second-order valence-corrected chi connectivity index (χ2v) is 3.97. The first-order chi connectivity index (χ1) is 9.67. The Morgan fingerprint density at radius 2 is 2.15 bits per heavy atom. The van der Waals surface area contributed by atoms with E-state index in [1.807, 2.05) is 6.07 Å². The summed E-state index contributed by atoms with van der Waals surface area (Å²) in [5.74, 6) is -0.392. The highest BCUT2D eigenvalue weighted by Crippen LogP contribution is 2.14. The molecule has 0 aromatic heterocycles. The molecular weight excluding hydrogens is 258 g/mol. The Morgan fingerprint density at radius 3 is 2.75 bits per heavy atom. The van der Waals surface area contributed by atoms with Crippen LogP contribution in [0.15, 0.2) is 36.0 Å². The SMILES string of the molecule is COCCCN/C=C(/C#N)C(=O)Nc1ccc(O)cc1. The van der Waals surface area contributed by atoms with Crippen LogP contribution in [0.4, 0.5) is 5.69 Å². The summed E-state index contributed by atoms with van der Waals surface area (Å²) in [7, 11) is 1.61. The van der Waals surface area contributed by atoms with Crippen molar-refractivity contribution < 1.29 is 14.6 Å². The molecule has 0 unspecified atom stereocenters. The van der Waals surface area contributed by atoms with E-state index in [-0.39, 0.29) is 11.3 Å². The molecule has 1 aromatic rings. The molecule has 1 aromatic carbocycles. The molecule has 3 N–H and O–H groups in total. The van der Waals surface area contributed by atoms with E-state index in [4.69, 9.17) is 15.1 Å². The maximum Gasteiger partial charge on any atom is 0.267 e. The van der Waals surface area contributed by atoms with Crippen molar-refractivity contribution in [3.05, 3.63) is 36.0 Å². The first-order valence-electron chi connectivity index (χ1n) is 6.10. The number of hydrogen-bond donors (Lipinski definition) is 3. The number of rotatable bonds is 7. The highest BCUT2D eigenvalue weighted by atomic mass is 16.5. The second kappa shape index (κ2) is 8.56. The van der Waals surface area contributed by atoms with Crippen LogP contribution in [0.1, 0.15) is 6.42 Å². The second-order valence-electron chi connectivity index (χ2n) is 3.97. The Morgan fingerprint density at radius 1 is 1.45 bits per heavy atom. The molecule has 0 bridgehead atoms. The van der Waals surface area contributed by atoms with Crippen LogP contribution in [0, 0.1) is 11.3 Å². The fraction of sp³-hybridized carbons (Fsp3) is 0.286. The quantitative estimate of drug-likeness (QED) is 0.302. The van der Waals surface area contributed by atoms with Gasteiger partial charge in [0.2, 0.25) is 0 Å². The molecule has 0 aliphatic rings. The highest BCUT2D eigenvalue weighted by Gasteiger charge is 2.08. The van der Waals surface area contributed by atoms with Gasteiger partial charge in [-0.15, -0.1) is 0 Å². The van der Waals surface area contributed by atoms with Crippen LogP contribution in [0.5, 0.6) is 5.75 Å². The summed E-state index contributed by atoms with van der Waals surface area (Å²) in [4.78, 5) is 11.8. The van der Waals surface area contributed by atoms with E-state index in [2.05, 4.69) is 10.6 Å². The Labute approximate surface area is 117 Å². The van der Waals surface area contributed by atoms with Gasteiger partial charge in [0.1, 0.15) is 17.4 Å². The van der Waals surface area contributed by atoms with Crippen molar-refractivity contribution in [1.82, 2.24) is 5.32 Å². The summed E-state index contributed by atoms with van der Waals surface area (Å²) in [5, 5.41) is 23.5. The van der Waals surface area contributed by atoms with Gasteiger partial charge in [0.25, 0.3) is 5.91 Å². The number of carbonyl (C=O) groups excluding carboxylic acids is 1. The summed E-state index contributed by atoms with van der Waals surface area (Å²) >= 11 is 0. The van der Waals surface area contributed by atoms with E-state index in [1.54, 1.807) is 19.2 Å². The van der Waals surface area contributed by atoms with Crippen LogP contribution < -0.4 is 10.6 Å². The Hall–Kier alpha value is -2.52. The summed E-state index contributed by atoms with van der Waals surface area (Å²) < 4.78 is 4.89. The summed E-state index contributed by atoms with van der Waals surface area (Å²) in [6, 6.07) is 7.84. The number of aromatic hydroxyl groups is 1. The number of anilines is 1. The molecule has 0 atom stereocenters. The number of phenols is 1. The molecule has 0 saturated carbocycles. The molecule has 1 amide bonds. The van der Waals surface area contributed by atoms with Gasteiger partial charge in [-0.3, -0.25) is 4.79 Å². The van der Waals surface area contributed by atoms with Crippen LogP contribution >= 0.6 is 0 Å². The number of methoxy groups -OCH3 is 1. The predicted molar refractivity (Wildman–Crippen MR) is 74.9 cm³/mol. The van der Waals surface area contributed by atoms with Gasteiger partial charge in [-0.2, -0.15) is 5.26 Å². The van der Waals surface area contributed by atoms with E-state index in [0.717, 1.165) is 6.42 Å². The van der Waals surface area contributed by atoms with E-state index in [1.165, 1.54) is 18.3 Å². The van der Waals surface area contributed by atoms with Gasteiger partial charge in [-0.25, -0.2) is 0 Å². The topological polar surface area (TPSA) is 94.4 Å². The summed E-state index contributed by atoms with van der Waals surface area (Å²) in [6.07, 6.45) is 2.16. The minimum absolute atomic E-state index is 0.0181. The smallest absolute Gasteiger partial charge is 0.267 e. The van der Waals surface area contributed by atoms with Crippen LogP contribution in [0.2, 0.25) is 0 Å². The number of phenolic OH excluding ortho intramolecular Hbond substituents is 1. The third kappa shape index (κ3) is 5.42. The van der Waals surface area contributed by atoms with Crippen molar-refractivity contribution in [3.63, 3.8) is 0 Å². The molecule has 6 nitrogen and oxygen atoms in total. The third-order valence-electron chi connectivity index (χ3n) is 2.41. The van der Waals surface area contributed by atoms with Gasteiger partial charge < -0.3 is 20.5 Å². The summed E-state index contributed by atoms with van der Waals surface area (Å²) in [6.45, 7) is 1.23. The molecule has 20 heavy (non-hydrogen) atoms. The zero-order chi connectivity index (χ0) is 14.8. The molecule has 0 heterocycles. The van der Waals surface area contributed by atoms with Crippen LogP contribution in [-0.2, 0) is 9.53 Å². The summed E-state index contributed by atoms with van der Waals surface area (Å²) in [5.41, 5.74) is 0.490. The fourth-order valence-corrected chi connectivity index (χ4v) is 1.38. The first kappa shape index (κ1) is 15.5. The lowest BCUT2D eigenvalue weighted by molar-refractivity contribution is -0.112. The number of carbonyl (C=O) groups is 1. The van der Waals surface area contributed by atoms with Gasteiger partial charge in [-0.05, 0) is 30.7 Å². The molecule has 1 rings (SSSR count). The Bertz CT molecular complexity index is 503. The lowest BCUT2D eigenvalue weighted by Crippen LogP contribution is -2.17. The van der Waals surface area contributed by atoms with E-state index < -0.39 is 5.91 Å². The normalized spacial score (nSPS) is 10.7. The molecule has 0 fully saturated rings. The van der Waals surface area contributed by atoms with E-state index in [0.29, 0.717) is 18.8 Å². The lowest BCUT2D eigenvalue weighted by Gasteiger charge is -2.05. The minimum Gasteiger partial charge on any atom is -0.508 e. The predicted octanol–water partition coefficient (Wildman–Crippen LogP) is 1.36. The van der Waals surface area contributed by atoms with Crippen molar-refractivity contribution in [3.8, 4) is 11.8 Å². The van der Waals surface area contributed by atoms with E-state index in [9.17, 15) is 4.79 Å². The van der Waals surface area contributed by atoms with Crippen LogP contribution in [-0.4, -0.2) is 31.3 Å². The van der Waals surface area contributed by atoms with Gasteiger partial charge >= 0.3 is 0 Å². The number of nitrogens with one attached hydrogen (secondary N) is 2. The minimum atomic E-state index is -0.502. The zero-order valence-electron chi connectivity index (χ0n) is 11.2. The molecule has 0 spiro atoms. The number of ether oxygens (including phenoxy) is 1. The average Bonchev–Trinajstić information content (AvgIpc) is 2.45. The molecule has 106 valence electrons. The first-order valence-corrected chi connectivity index (χ1v) is 6.10. The Balaban J connectivity index is 2.52. The average molecular weight is 275 g/mol. The third-order valence-corrected chi connectivity index (χ3v) is 2.41. The monoisotopic (exact) mass is 275 g/mol. The fourth-order valence-electron chi connectivity index (χ4n) is 1.38. The van der Waals surface area contributed by atoms with Crippen molar-refractivity contribution in [1.29, 1.82) is 5.26 Å². The van der Waals surface area contributed by atoms with Crippen molar-refractivity contribution >= 4 is 11.6 Å². The lowest BCUT2D eigenvalue weighted by atomic mass is 10.2. The van der Waals surface area contributed by atoms with Gasteiger partial charge in [0.15, 0.2) is 0 Å². The maximum absolute atomic E-state index is 11.8. The number of nitrogens with zero attached hydrogens (tertiary/aromatic N) is 1. The highest BCUT2D eigenvalue weighted by molar-refractivity contribution is 6.06. The number of amides is 1. The largest absolute Gasteiger partial charge is 0.508 e.